The molecule has 0 aromatic heterocycles. The highest BCUT2D eigenvalue weighted by Gasteiger charge is 2.46. The van der Waals surface area contributed by atoms with Gasteiger partial charge in [0.1, 0.15) is 5.75 Å². The zero-order valence-electron chi connectivity index (χ0n) is 28.1. The number of anilines is 1. The summed E-state index contributed by atoms with van der Waals surface area (Å²) in [4.78, 5) is 33.6. The molecule has 6 rings (SSSR count). The number of nitrogens with zero attached hydrogens (tertiary/aromatic N) is 3. The standard InChI is InChI=1S/C37H51ClN4O5/c1-45-23-26-19-42(21-33(26)31-13-6-27(38)18-35(31)40-16-14-25(15-17-40)36(39)43)37(44)34-22-41(28-7-11-30(47-3)12-8-28)20-32(34)24-4-9-29(46-2)10-5-24/h4-6,9-10,13,18,25-26,28,30,32-34H,7-8,11-12,14-17,19-23H2,1-3H3,(H2,39,43)/t26-,28?,30?,32+,33+,34-/m1/s1. The molecule has 4 fully saturated rings. The van der Waals surface area contributed by atoms with Crippen molar-refractivity contribution in [2.24, 2.45) is 23.5 Å². The molecule has 0 unspecified atom stereocenters. The van der Waals surface area contributed by atoms with Gasteiger partial charge in [0.25, 0.3) is 0 Å². The summed E-state index contributed by atoms with van der Waals surface area (Å²) in [6.45, 7) is 5.03. The van der Waals surface area contributed by atoms with Crippen LogP contribution in [0.25, 0.3) is 0 Å². The SMILES string of the molecule is COC[C@H]1CN(C(=O)[C@@H]2CN(C3CCC(OC)CC3)C[C@H]2c2ccc(OC)cc2)C[C@@H]1c1ccc(Cl)cc1N1CCC(C(N)=O)CC1. The van der Waals surface area contributed by atoms with Gasteiger partial charge < -0.3 is 29.7 Å². The van der Waals surface area contributed by atoms with E-state index >= 15 is 0 Å². The predicted octanol–water partition coefficient (Wildman–Crippen LogP) is 4.91. The number of ether oxygens (including phenoxy) is 3. The van der Waals surface area contributed by atoms with Gasteiger partial charge in [0.15, 0.2) is 0 Å². The minimum atomic E-state index is -0.220. The summed E-state index contributed by atoms with van der Waals surface area (Å²) in [5.74, 6) is 1.02. The minimum Gasteiger partial charge on any atom is -0.497 e. The lowest BCUT2D eigenvalue weighted by molar-refractivity contribution is -0.134. The number of hydrogen-bond acceptors (Lipinski definition) is 7. The van der Waals surface area contributed by atoms with Crippen molar-refractivity contribution in [3.63, 3.8) is 0 Å². The highest BCUT2D eigenvalue weighted by atomic mass is 35.5. The summed E-state index contributed by atoms with van der Waals surface area (Å²) in [5, 5.41) is 0.683. The van der Waals surface area contributed by atoms with Crippen LogP contribution in [0.1, 0.15) is 61.5 Å². The van der Waals surface area contributed by atoms with E-state index in [2.05, 4.69) is 32.9 Å². The second-order valence-corrected chi connectivity index (χ2v) is 14.5. The van der Waals surface area contributed by atoms with Gasteiger partial charge in [0.05, 0.1) is 25.7 Å². The van der Waals surface area contributed by atoms with Crippen molar-refractivity contribution in [3.05, 3.63) is 58.6 Å². The first-order valence-electron chi connectivity index (χ1n) is 17.3. The molecule has 0 spiro atoms. The third kappa shape index (κ3) is 7.43. The molecule has 256 valence electrons. The Bertz CT molecular complexity index is 1380. The molecular weight excluding hydrogens is 616 g/mol. The third-order valence-corrected chi connectivity index (χ3v) is 11.7. The quantitative estimate of drug-likeness (QED) is 0.385. The van der Waals surface area contributed by atoms with Crippen molar-refractivity contribution < 1.29 is 23.8 Å². The molecule has 3 heterocycles. The van der Waals surface area contributed by atoms with Crippen molar-refractivity contribution in [1.29, 1.82) is 0 Å². The second kappa shape index (κ2) is 15.1. The number of primary amides is 1. The average Bonchev–Trinajstić information content (AvgIpc) is 3.74. The summed E-state index contributed by atoms with van der Waals surface area (Å²) in [5.41, 5.74) is 9.11. The summed E-state index contributed by atoms with van der Waals surface area (Å²) in [6, 6.07) is 14.9. The van der Waals surface area contributed by atoms with E-state index in [1.807, 2.05) is 31.4 Å². The topological polar surface area (TPSA) is 97.6 Å². The van der Waals surface area contributed by atoms with Crippen molar-refractivity contribution in [3.8, 4) is 5.75 Å². The lowest BCUT2D eigenvalue weighted by Gasteiger charge is -2.35. The molecular formula is C37H51ClN4O5. The van der Waals surface area contributed by atoms with Crippen LogP contribution in [0.5, 0.6) is 5.75 Å². The molecule has 0 radical (unpaired) electrons. The molecule has 2 N–H and O–H groups in total. The predicted molar refractivity (Wildman–Crippen MR) is 184 cm³/mol. The molecule has 10 heteroatoms. The average molecular weight is 667 g/mol. The van der Waals surface area contributed by atoms with Crippen LogP contribution in [-0.2, 0) is 19.1 Å². The van der Waals surface area contributed by atoms with Gasteiger partial charge in [-0.25, -0.2) is 0 Å². The molecule has 0 bridgehead atoms. The number of amides is 2. The minimum absolute atomic E-state index is 0.0886. The first kappa shape index (κ1) is 34.0. The van der Waals surface area contributed by atoms with Gasteiger partial charge in [-0.05, 0) is 73.9 Å². The molecule has 1 saturated carbocycles. The normalized spacial score (nSPS) is 28.9. The molecule has 2 aromatic rings. The van der Waals surface area contributed by atoms with Crippen LogP contribution in [0, 0.1) is 17.8 Å². The third-order valence-electron chi connectivity index (χ3n) is 11.5. The number of likely N-dealkylation sites (tertiary alicyclic amines) is 2. The van der Waals surface area contributed by atoms with Crippen molar-refractivity contribution in [1.82, 2.24) is 9.80 Å². The Kier molecular flexibility index (Phi) is 11.0. The van der Waals surface area contributed by atoms with Crippen LogP contribution in [0.2, 0.25) is 5.02 Å². The van der Waals surface area contributed by atoms with E-state index in [1.54, 1.807) is 14.2 Å². The Balaban J connectivity index is 1.24. The zero-order valence-corrected chi connectivity index (χ0v) is 28.9. The number of rotatable bonds is 10. The molecule has 3 saturated heterocycles. The number of nitrogens with two attached hydrogens (primary N) is 1. The van der Waals surface area contributed by atoms with Crippen LogP contribution in [-0.4, -0.2) is 101 Å². The van der Waals surface area contributed by atoms with E-state index in [-0.39, 0.29) is 41.4 Å². The molecule has 3 aliphatic heterocycles. The number of methoxy groups -OCH3 is 3. The van der Waals surface area contributed by atoms with Gasteiger partial charge in [-0.3, -0.25) is 14.5 Å². The maximum Gasteiger partial charge on any atom is 0.227 e. The highest BCUT2D eigenvalue weighted by molar-refractivity contribution is 6.30. The van der Waals surface area contributed by atoms with Gasteiger partial charge in [0, 0.05) is 93.9 Å². The summed E-state index contributed by atoms with van der Waals surface area (Å²) >= 11 is 6.56. The Morgan fingerprint density at radius 2 is 1.60 bits per heavy atom. The highest BCUT2D eigenvalue weighted by Crippen LogP contribution is 2.43. The number of benzene rings is 2. The number of piperidine rings is 1. The van der Waals surface area contributed by atoms with Gasteiger partial charge in [-0.2, -0.15) is 0 Å². The lowest BCUT2D eigenvalue weighted by Crippen LogP contribution is -2.40. The maximum atomic E-state index is 14.7. The Hall–Kier alpha value is -2.85. The Morgan fingerprint density at radius 1 is 0.872 bits per heavy atom. The van der Waals surface area contributed by atoms with Crippen molar-refractivity contribution >= 4 is 29.1 Å². The molecule has 9 nitrogen and oxygen atoms in total. The number of hydrogen-bond donors (Lipinski definition) is 1. The van der Waals surface area contributed by atoms with Crippen LogP contribution < -0.4 is 15.4 Å². The fourth-order valence-corrected chi connectivity index (χ4v) is 8.91. The van der Waals surface area contributed by atoms with E-state index < -0.39 is 0 Å². The van der Waals surface area contributed by atoms with Crippen molar-refractivity contribution in [2.45, 2.75) is 62.5 Å². The monoisotopic (exact) mass is 666 g/mol. The van der Waals surface area contributed by atoms with Crippen LogP contribution >= 0.6 is 11.6 Å². The molecule has 2 amide bonds. The number of halogens is 1. The number of carbonyl (C=O) groups is 2. The summed E-state index contributed by atoms with van der Waals surface area (Å²) in [7, 11) is 5.24. The van der Waals surface area contributed by atoms with Gasteiger partial charge in [-0.15, -0.1) is 0 Å². The Morgan fingerprint density at radius 3 is 2.23 bits per heavy atom. The fourth-order valence-electron chi connectivity index (χ4n) is 8.75. The molecule has 4 atom stereocenters. The zero-order chi connectivity index (χ0) is 33.1. The largest absolute Gasteiger partial charge is 0.497 e. The first-order valence-corrected chi connectivity index (χ1v) is 17.7. The van der Waals surface area contributed by atoms with Crippen LogP contribution in [0.4, 0.5) is 5.69 Å². The van der Waals surface area contributed by atoms with E-state index in [9.17, 15) is 9.59 Å². The van der Waals surface area contributed by atoms with Crippen LogP contribution in [0.15, 0.2) is 42.5 Å². The van der Waals surface area contributed by atoms with Gasteiger partial charge in [-0.1, -0.05) is 29.8 Å². The molecule has 47 heavy (non-hydrogen) atoms. The summed E-state index contributed by atoms with van der Waals surface area (Å²) in [6.07, 6.45) is 6.15. The first-order chi connectivity index (χ1) is 22.8. The van der Waals surface area contributed by atoms with E-state index in [1.165, 1.54) is 11.1 Å². The summed E-state index contributed by atoms with van der Waals surface area (Å²) < 4.78 is 16.9. The lowest BCUT2D eigenvalue weighted by atomic mass is 9.87. The van der Waals surface area contributed by atoms with E-state index in [4.69, 9.17) is 31.5 Å². The molecule has 1 aliphatic carbocycles. The fraction of sp³-hybridized carbons (Fsp3) is 0.622. The van der Waals surface area contributed by atoms with E-state index in [0.29, 0.717) is 36.9 Å². The Labute approximate surface area is 284 Å². The molecule has 4 aliphatic rings. The van der Waals surface area contributed by atoms with Crippen LogP contribution in [0.3, 0.4) is 0 Å². The second-order valence-electron chi connectivity index (χ2n) is 14.0. The smallest absolute Gasteiger partial charge is 0.227 e. The van der Waals surface area contributed by atoms with Gasteiger partial charge in [0.2, 0.25) is 11.8 Å². The van der Waals surface area contributed by atoms with Crippen molar-refractivity contribution in [2.75, 3.05) is 72.1 Å². The molecule has 2 aromatic carbocycles. The van der Waals surface area contributed by atoms with E-state index in [0.717, 1.165) is 76.1 Å². The number of carbonyl (C=O) groups excluding carboxylic acids is 2. The maximum absolute atomic E-state index is 14.7. The van der Waals surface area contributed by atoms with Gasteiger partial charge >= 0.3 is 0 Å².